The van der Waals surface area contributed by atoms with Crippen LogP contribution in [0, 0.1) is 0 Å². The highest BCUT2D eigenvalue weighted by molar-refractivity contribution is 6.19. The van der Waals surface area contributed by atoms with Crippen LogP contribution in [-0.2, 0) is 0 Å². The molecule has 0 N–H and O–H groups in total. The van der Waals surface area contributed by atoms with E-state index in [1.807, 2.05) is 12.1 Å². The second kappa shape index (κ2) is 11.7. The third kappa shape index (κ3) is 4.75. The summed E-state index contributed by atoms with van der Waals surface area (Å²) in [4.78, 5) is 2.34. The van der Waals surface area contributed by atoms with Crippen LogP contribution >= 0.6 is 0 Å². The Hall–Kier alpha value is -7.10. The molecule has 0 aliphatic heterocycles. The number of rotatable bonds is 5. The van der Waals surface area contributed by atoms with Crippen molar-refractivity contribution in [1.82, 2.24) is 0 Å². The lowest BCUT2D eigenvalue weighted by Crippen LogP contribution is -2.10. The summed E-state index contributed by atoms with van der Waals surface area (Å²) in [5.41, 5.74) is 10.9. The van der Waals surface area contributed by atoms with E-state index < -0.39 is 0 Å². The molecule has 0 radical (unpaired) electrons. The molecule has 53 heavy (non-hydrogen) atoms. The van der Waals surface area contributed by atoms with Crippen molar-refractivity contribution in [3.8, 4) is 22.3 Å². The van der Waals surface area contributed by atoms with Crippen LogP contribution < -0.4 is 4.90 Å². The van der Waals surface area contributed by atoms with Crippen molar-refractivity contribution in [2.24, 2.45) is 0 Å². The third-order valence-electron chi connectivity index (χ3n) is 10.6. The van der Waals surface area contributed by atoms with Gasteiger partial charge < -0.3 is 13.7 Å². The zero-order chi connectivity index (χ0) is 34.9. The SMILES string of the molecule is c1ccc(-c2ccc(N(c3ccc4ccccc4c3)c3cc(-c4cccc5c4oc4ccccc45)cc4c3oc3c5ccccc5ccc43)cc2)cc1. The molecule has 2 aromatic heterocycles. The average Bonchev–Trinajstić information content (AvgIpc) is 3.81. The molecular weight excluding hydrogens is 647 g/mol. The lowest BCUT2D eigenvalue weighted by atomic mass is 9.97. The van der Waals surface area contributed by atoms with E-state index in [9.17, 15) is 0 Å². The number of furan rings is 2. The normalized spacial score (nSPS) is 11.8. The fraction of sp³-hybridized carbons (Fsp3) is 0. The highest BCUT2D eigenvalue weighted by atomic mass is 16.3. The van der Waals surface area contributed by atoms with Crippen molar-refractivity contribution in [3.63, 3.8) is 0 Å². The highest BCUT2D eigenvalue weighted by Crippen LogP contribution is 2.47. The molecule has 248 valence electrons. The molecule has 9 aromatic carbocycles. The molecule has 0 atom stereocenters. The van der Waals surface area contributed by atoms with E-state index in [1.165, 1.54) is 21.9 Å². The standard InChI is InChI=1S/C50H31NO2/c1-2-11-32(12-3-1)34-21-25-38(26-22-34)51(39-27-23-33-13-4-5-15-36(33)29-39)46-31-37(41-18-10-19-43-42-17-8-9-20-47(42)52-48(41)43)30-45-44-28-24-35-14-6-7-16-40(35)49(44)53-50(45)46/h1-31H. The molecular formula is C50H31NO2. The summed E-state index contributed by atoms with van der Waals surface area (Å²) in [5.74, 6) is 0. The molecule has 0 saturated carbocycles. The van der Waals surface area contributed by atoms with Crippen LogP contribution in [0.25, 0.3) is 87.7 Å². The van der Waals surface area contributed by atoms with E-state index in [0.717, 1.165) is 82.8 Å². The van der Waals surface area contributed by atoms with Crippen LogP contribution in [0.1, 0.15) is 0 Å². The summed E-state index contributed by atoms with van der Waals surface area (Å²) < 4.78 is 13.7. The Morgan fingerprint density at radius 3 is 1.85 bits per heavy atom. The highest BCUT2D eigenvalue weighted by Gasteiger charge is 2.24. The number of fused-ring (bicyclic) bond motifs is 9. The van der Waals surface area contributed by atoms with Crippen molar-refractivity contribution >= 4 is 82.5 Å². The van der Waals surface area contributed by atoms with E-state index in [-0.39, 0.29) is 0 Å². The van der Waals surface area contributed by atoms with Crippen molar-refractivity contribution in [1.29, 1.82) is 0 Å². The van der Waals surface area contributed by atoms with Crippen LogP contribution in [-0.4, -0.2) is 0 Å². The van der Waals surface area contributed by atoms with Gasteiger partial charge in [0.1, 0.15) is 16.7 Å². The van der Waals surface area contributed by atoms with Gasteiger partial charge in [-0.05, 0) is 81.4 Å². The molecule has 0 saturated heterocycles. The maximum Gasteiger partial charge on any atom is 0.159 e. The molecule has 0 fully saturated rings. The minimum atomic E-state index is 0.831. The van der Waals surface area contributed by atoms with Gasteiger partial charge >= 0.3 is 0 Å². The van der Waals surface area contributed by atoms with E-state index in [4.69, 9.17) is 8.83 Å². The van der Waals surface area contributed by atoms with Gasteiger partial charge in [-0.3, -0.25) is 0 Å². The quantitative estimate of drug-likeness (QED) is 0.182. The van der Waals surface area contributed by atoms with Gasteiger partial charge in [0.25, 0.3) is 0 Å². The Balaban J connectivity index is 1.23. The van der Waals surface area contributed by atoms with Gasteiger partial charge in [0, 0.05) is 43.9 Å². The lowest BCUT2D eigenvalue weighted by molar-refractivity contribution is 0.669. The largest absolute Gasteiger partial charge is 0.455 e. The second-order valence-corrected chi connectivity index (χ2v) is 13.7. The molecule has 0 spiro atoms. The summed E-state index contributed by atoms with van der Waals surface area (Å²) in [6, 6.07) is 66.7. The van der Waals surface area contributed by atoms with Crippen LogP contribution in [0.2, 0.25) is 0 Å². The number of para-hydroxylation sites is 2. The molecule has 3 nitrogen and oxygen atoms in total. The van der Waals surface area contributed by atoms with E-state index >= 15 is 0 Å². The van der Waals surface area contributed by atoms with Gasteiger partial charge in [0.2, 0.25) is 0 Å². The summed E-state index contributed by atoms with van der Waals surface area (Å²) in [7, 11) is 0. The summed E-state index contributed by atoms with van der Waals surface area (Å²) in [5, 5.41) is 8.96. The van der Waals surface area contributed by atoms with Gasteiger partial charge in [-0.15, -0.1) is 0 Å². The first kappa shape index (κ1) is 29.6. The molecule has 0 bridgehead atoms. The van der Waals surface area contributed by atoms with Gasteiger partial charge in [0.05, 0.1) is 5.69 Å². The second-order valence-electron chi connectivity index (χ2n) is 13.7. The number of benzene rings is 9. The van der Waals surface area contributed by atoms with Gasteiger partial charge in [0.15, 0.2) is 5.58 Å². The van der Waals surface area contributed by atoms with E-state index in [2.05, 4.69) is 181 Å². The Bertz CT molecular complexity index is 3170. The number of nitrogens with zero attached hydrogens (tertiary/aromatic N) is 1. The molecule has 0 aliphatic rings. The van der Waals surface area contributed by atoms with Crippen molar-refractivity contribution in [2.75, 3.05) is 4.90 Å². The molecule has 3 heteroatoms. The van der Waals surface area contributed by atoms with Gasteiger partial charge in [-0.2, -0.15) is 0 Å². The van der Waals surface area contributed by atoms with Crippen LogP contribution in [0.3, 0.4) is 0 Å². The molecule has 2 heterocycles. The third-order valence-corrected chi connectivity index (χ3v) is 10.6. The van der Waals surface area contributed by atoms with Crippen molar-refractivity contribution in [3.05, 3.63) is 188 Å². The van der Waals surface area contributed by atoms with Gasteiger partial charge in [-0.25, -0.2) is 0 Å². The Morgan fingerprint density at radius 2 is 0.981 bits per heavy atom. The van der Waals surface area contributed by atoms with Crippen molar-refractivity contribution < 1.29 is 8.83 Å². The number of anilines is 3. The Labute approximate surface area is 305 Å². The minimum Gasteiger partial charge on any atom is -0.455 e. The van der Waals surface area contributed by atoms with Crippen LogP contribution in [0.4, 0.5) is 17.1 Å². The molecule has 0 unspecified atom stereocenters. The predicted octanol–water partition coefficient (Wildman–Crippen LogP) is 14.6. The van der Waals surface area contributed by atoms with E-state index in [1.54, 1.807) is 0 Å². The molecule has 11 aromatic rings. The first-order chi connectivity index (χ1) is 26.3. The van der Waals surface area contributed by atoms with Crippen molar-refractivity contribution in [2.45, 2.75) is 0 Å². The molecule has 11 rings (SSSR count). The summed E-state index contributed by atoms with van der Waals surface area (Å²) in [6.45, 7) is 0. The maximum atomic E-state index is 7.06. The Kier molecular flexibility index (Phi) is 6.55. The first-order valence-electron chi connectivity index (χ1n) is 18.0. The van der Waals surface area contributed by atoms with Crippen LogP contribution in [0.5, 0.6) is 0 Å². The van der Waals surface area contributed by atoms with Gasteiger partial charge in [-0.1, -0.05) is 140 Å². The fourth-order valence-electron chi connectivity index (χ4n) is 8.06. The smallest absolute Gasteiger partial charge is 0.159 e. The number of hydrogen-bond donors (Lipinski definition) is 0. The zero-order valence-electron chi connectivity index (χ0n) is 28.7. The molecule has 0 aliphatic carbocycles. The topological polar surface area (TPSA) is 29.5 Å². The fourth-order valence-corrected chi connectivity index (χ4v) is 8.06. The minimum absolute atomic E-state index is 0.831. The monoisotopic (exact) mass is 677 g/mol. The zero-order valence-corrected chi connectivity index (χ0v) is 28.7. The number of hydrogen-bond acceptors (Lipinski definition) is 3. The average molecular weight is 678 g/mol. The maximum absolute atomic E-state index is 7.06. The van der Waals surface area contributed by atoms with E-state index in [0.29, 0.717) is 0 Å². The summed E-state index contributed by atoms with van der Waals surface area (Å²) >= 11 is 0. The molecule has 0 amide bonds. The first-order valence-corrected chi connectivity index (χ1v) is 18.0. The lowest BCUT2D eigenvalue weighted by Gasteiger charge is -2.27. The Morgan fingerprint density at radius 1 is 0.321 bits per heavy atom. The van der Waals surface area contributed by atoms with Crippen LogP contribution in [0.15, 0.2) is 197 Å². The summed E-state index contributed by atoms with van der Waals surface area (Å²) in [6.07, 6.45) is 0. The predicted molar refractivity (Wildman–Crippen MR) is 222 cm³/mol.